The molecule has 0 aliphatic heterocycles. The fraction of sp³-hybridized carbons (Fsp3) is 0.714. The van der Waals surface area contributed by atoms with E-state index in [1.807, 2.05) is 0 Å². The average molecular weight is 245 g/mol. The molecule has 0 fully saturated rings. The van der Waals surface area contributed by atoms with E-state index in [1.54, 1.807) is 6.26 Å². The molecule has 0 aliphatic carbocycles. The van der Waals surface area contributed by atoms with Crippen LogP contribution in [-0.4, -0.2) is 53.2 Å². The summed E-state index contributed by atoms with van der Waals surface area (Å²) in [6.45, 7) is 0. The Hall–Kier alpha value is -0.920. The Labute approximate surface area is 88.4 Å². The summed E-state index contributed by atoms with van der Waals surface area (Å²) in [4.78, 5) is 21.5. The molecule has 0 saturated heterocycles. The Morgan fingerprint density at radius 2 is 1.93 bits per heavy atom. The van der Waals surface area contributed by atoms with Gasteiger partial charge in [-0.05, 0) is 6.26 Å². The first-order chi connectivity index (χ1) is 6.71. The molecule has 0 rings (SSSR count). The molecule has 4 nitrogen and oxygen atoms in total. The normalized spacial score (nSPS) is 13.4. The fourth-order valence-corrected chi connectivity index (χ4v) is 1.53. The molecule has 0 saturated carbocycles. The predicted molar refractivity (Wildman–Crippen MR) is 48.6 cm³/mol. The molecule has 88 valence electrons. The van der Waals surface area contributed by atoms with Crippen LogP contribution >= 0.6 is 11.8 Å². The van der Waals surface area contributed by atoms with E-state index in [9.17, 15) is 22.8 Å². The van der Waals surface area contributed by atoms with Gasteiger partial charge in [-0.3, -0.25) is 4.79 Å². The molecule has 0 bridgehead atoms. The number of hydrogen-bond donors (Lipinski definition) is 1. The topological polar surface area (TPSA) is 57.6 Å². The van der Waals surface area contributed by atoms with E-state index in [2.05, 4.69) is 0 Å². The molecule has 0 heterocycles. The van der Waals surface area contributed by atoms with Crippen LogP contribution in [0.25, 0.3) is 0 Å². The molecule has 0 spiro atoms. The van der Waals surface area contributed by atoms with Gasteiger partial charge in [-0.25, -0.2) is 4.79 Å². The van der Waals surface area contributed by atoms with Crippen molar-refractivity contribution in [2.45, 2.75) is 12.2 Å². The lowest BCUT2D eigenvalue weighted by atomic mass is 10.3. The quantitative estimate of drug-likeness (QED) is 0.796. The Morgan fingerprint density at radius 1 is 1.47 bits per heavy atom. The maximum atomic E-state index is 12.0. The van der Waals surface area contributed by atoms with Crippen LogP contribution in [0.4, 0.5) is 13.2 Å². The zero-order valence-electron chi connectivity index (χ0n) is 8.04. The van der Waals surface area contributed by atoms with Crippen LogP contribution in [0.3, 0.4) is 0 Å². The smallest absolute Gasteiger partial charge is 0.471 e. The highest BCUT2D eigenvalue weighted by Crippen LogP contribution is 2.19. The number of likely N-dealkylation sites (N-methyl/N-ethyl adjacent to an activating group) is 1. The summed E-state index contributed by atoms with van der Waals surface area (Å²) in [6.07, 6.45) is -3.50. The van der Waals surface area contributed by atoms with Gasteiger partial charge in [0, 0.05) is 12.8 Å². The number of rotatable bonds is 4. The third-order valence-corrected chi connectivity index (χ3v) is 2.29. The van der Waals surface area contributed by atoms with E-state index in [1.165, 1.54) is 0 Å². The Kier molecular flexibility index (Phi) is 4.92. The molecule has 8 heteroatoms. The van der Waals surface area contributed by atoms with Crippen LogP contribution < -0.4 is 0 Å². The third-order valence-electron chi connectivity index (χ3n) is 1.64. The Bertz CT molecular complexity index is 256. The van der Waals surface area contributed by atoms with E-state index in [0.717, 1.165) is 18.8 Å². The molecule has 0 aromatic rings. The summed E-state index contributed by atoms with van der Waals surface area (Å²) in [5.41, 5.74) is 0. The third kappa shape index (κ3) is 3.98. The largest absolute Gasteiger partial charge is 0.480 e. The van der Waals surface area contributed by atoms with E-state index < -0.39 is 24.1 Å². The SMILES string of the molecule is CSCC(C(=O)O)N(C)C(=O)C(F)(F)F. The van der Waals surface area contributed by atoms with Gasteiger partial charge in [-0.1, -0.05) is 0 Å². The van der Waals surface area contributed by atoms with Gasteiger partial charge in [0.1, 0.15) is 6.04 Å². The summed E-state index contributed by atoms with van der Waals surface area (Å²) >= 11 is 1.05. The highest BCUT2D eigenvalue weighted by atomic mass is 32.2. The second kappa shape index (κ2) is 5.24. The lowest BCUT2D eigenvalue weighted by Gasteiger charge is -2.24. The summed E-state index contributed by atoms with van der Waals surface area (Å²) < 4.78 is 35.9. The minimum atomic E-state index is -5.04. The first-order valence-corrected chi connectivity index (χ1v) is 5.17. The minimum absolute atomic E-state index is 0.0896. The minimum Gasteiger partial charge on any atom is -0.480 e. The van der Waals surface area contributed by atoms with Gasteiger partial charge < -0.3 is 10.0 Å². The van der Waals surface area contributed by atoms with Gasteiger partial charge in [-0.15, -0.1) is 0 Å². The molecule has 1 atom stereocenters. The van der Waals surface area contributed by atoms with E-state index in [4.69, 9.17) is 5.11 Å². The molecule has 1 amide bonds. The van der Waals surface area contributed by atoms with Crippen molar-refractivity contribution in [1.29, 1.82) is 0 Å². The van der Waals surface area contributed by atoms with Gasteiger partial charge in [0.05, 0.1) is 0 Å². The molecule has 1 N–H and O–H groups in total. The average Bonchev–Trinajstić information content (AvgIpc) is 2.09. The van der Waals surface area contributed by atoms with Crippen LogP contribution in [-0.2, 0) is 9.59 Å². The number of hydrogen-bond acceptors (Lipinski definition) is 3. The number of thioether (sulfide) groups is 1. The number of halogens is 3. The first-order valence-electron chi connectivity index (χ1n) is 3.77. The van der Waals surface area contributed by atoms with Gasteiger partial charge >= 0.3 is 18.1 Å². The number of carboxylic acids is 1. The highest BCUT2D eigenvalue weighted by molar-refractivity contribution is 7.98. The Morgan fingerprint density at radius 3 is 2.20 bits per heavy atom. The highest BCUT2D eigenvalue weighted by Gasteiger charge is 2.44. The molecule has 1 unspecified atom stereocenters. The molecule has 15 heavy (non-hydrogen) atoms. The molecule has 0 aromatic carbocycles. The molecular weight excluding hydrogens is 235 g/mol. The standard InChI is InChI=1S/C7H10F3NO3S/c1-11(6(14)7(8,9)10)4(3-15-2)5(12)13/h4H,3H2,1-2H3,(H,12,13). The van der Waals surface area contributed by atoms with Gasteiger partial charge in [0.25, 0.3) is 0 Å². The number of carbonyl (C=O) groups is 2. The molecule has 0 aliphatic rings. The van der Waals surface area contributed by atoms with Crippen LogP contribution in [0, 0.1) is 0 Å². The molecular formula is C7H10F3NO3S. The van der Waals surface area contributed by atoms with Crippen molar-refractivity contribution in [2.75, 3.05) is 19.1 Å². The van der Waals surface area contributed by atoms with Crippen molar-refractivity contribution in [1.82, 2.24) is 4.90 Å². The second-order valence-electron chi connectivity index (χ2n) is 2.72. The first kappa shape index (κ1) is 14.1. The number of carbonyl (C=O) groups excluding carboxylic acids is 1. The lowest BCUT2D eigenvalue weighted by molar-refractivity contribution is -0.187. The number of aliphatic carboxylic acids is 1. The van der Waals surface area contributed by atoms with E-state index in [0.29, 0.717) is 0 Å². The van der Waals surface area contributed by atoms with Crippen molar-refractivity contribution >= 4 is 23.6 Å². The second-order valence-corrected chi connectivity index (χ2v) is 3.63. The van der Waals surface area contributed by atoms with Crippen LogP contribution in [0.2, 0.25) is 0 Å². The number of carboxylic acid groups (broad SMARTS) is 1. The zero-order chi connectivity index (χ0) is 12.2. The van der Waals surface area contributed by atoms with Gasteiger partial charge in [-0.2, -0.15) is 24.9 Å². The molecule has 0 radical (unpaired) electrons. The zero-order valence-corrected chi connectivity index (χ0v) is 8.85. The van der Waals surface area contributed by atoms with Crippen LogP contribution in [0.5, 0.6) is 0 Å². The fourth-order valence-electron chi connectivity index (χ4n) is 0.848. The van der Waals surface area contributed by atoms with Crippen molar-refractivity contribution in [2.24, 2.45) is 0 Å². The van der Waals surface area contributed by atoms with Crippen molar-refractivity contribution in [3.8, 4) is 0 Å². The van der Waals surface area contributed by atoms with Crippen molar-refractivity contribution < 1.29 is 27.9 Å². The monoisotopic (exact) mass is 245 g/mol. The Balaban J connectivity index is 4.71. The maximum absolute atomic E-state index is 12.0. The number of nitrogens with zero attached hydrogens (tertiary/aromatic N) is 1. The predicted octanol–water partition coefficient (Wildman–Crippen LogP) is 0.823. The van der Waals surface area contributed by atoms with Crippen LogP contribution in [0.15, 0.2) is 0 Å². The summed E-state index contributed by atoms with van der Waals surface area (Å²) in [5, 5.41) is 8.61. The summed E-state index contributed by atoms with van der Waals surface area (Å²) in [5.74, 6) is -3.69. The van der Waals surface area contributed by atoms with Crippen LogP contribution in [0.1, 0.15) is 0 Å². The summed E-state index contributed by atoms with van der Waals surface area (Å²) in [7, 11) is 0.824. The molecule has 0 aromatic heterocycles. The number of amides is 1. The summed E-state index contributed by atoms with van der Waals surface area (Å²) in [6, 6.07) is -1.46. The van der Waals surface area contributed by atoms with Gasteiger partial charge in [0.2, 0.25) is 0 Å². The van der Waals surface area contributed by atoms with Crippen molar-refractivity contribution in [3.05, 3.63) is 0 Å². The van der Waals surface area contributed by atoms with Crippen molar-refractivity contribution in [3.63, 3.8) is 0 Å². The lowest BCUT2D eigenvalue weighted by Crippen LogP contribution is -2.49. The van der Waals surface area contributed by atoms with Gasteiger partial charge in [0.15, 0.2) is 0 Å². The maximum Gasteiger partial charge on any atom is 0.471 e. The number of alkyl halides is 3. The van der Waals surface area contributed by atoms with E-state index >= 15 is 0 Å². The van der Waals surface area contributed by atoms with E-state index in [-0.39, 0.29) is 10.7 Å².